The Morgan fingerprint density at radius 2 is 2.00 bits per heavy atom. The van der Waals surface area contributed by atoms with E-state index in [0.717, 1.165) is 0 Å². The topological polar surface area (TPSA) is 75.6 Å². The fourth-order valence-electron chi connectivity index (χ4n) is 1.57. The number of carbonyl (C=O) groups is 2. The molecule has 0 saturated heterocycles. The van der Waals surface area contributed by atoms with Crippen LogP contribution in [0.2, 0.25) is 5.02 Å². The van der Waals surface area contributed by atoms with Gasteiger partial charge in [0.2, 0.25) is 5.91 Å². The van der Waals surface area contributed by atoms with Crippen LogP contribution in [0, 0.1) is 5.92 Å². The number of rotatable bonds is 7. The van der Waals surface area contributed by atoms with Gasteiger partial charge in [-0.3, -0.25) is 4.79 Å². The summed E-state index contributed by atoms with van der Waals surface area (Å²) >= 11 is 5.90. The second-order valence-corrected chi connectivity index (χ2v) is 5.06. The monoisotopic (exact) mass is 299 g/mol. The maximum atomic E-state index is 11.7. The number of halogens is 1. The van der Waals surface area contributed by atoms with E-state index in [-0.39, 0.29) is 24.9 Å². The van der Waals surface area contributed by atoms with Crippen molar-refractivity contribution in [3.63, 3.8) is 0 Å². The molecule has 0 aliphatic carbocycles. The number of para-hydroxylation sites is 1. The smallest absolute Gasteiger partial charge is 0.326 e. The highest BCUT2D eigenvalue weighted by Crippen LogP contribution is 2.23. The highest BCUT2D eigenvalue weighted by atomic mass is 35.5. The molecule has 20 heavy (non-hydrogen) atoms. The van der Waals surface area contributed by atoms with E-state index in [2.05, 4.69) is 5.32 Å². The largest absolute Gasteiger partial charge is 0.491 e. The fourth-order valence-corrected chi connectivity index (χ4v) is 1.76. The lowest BCUT2D eigenvalue weighted by Crippen LogP contribution is -2.44. The highest BCUT2D eigenvalue weighted by molar-refractivity contribution is 6.32. The lowest BCUT2D eigenvalue weighted by atomic mass is 10.0. The molecular formula is C14H18ClNO4. The van der Waals surface area contributed by atoms with Gasteiger partial charge in [0.1, 0.15) is 11.8 Å². The molecule has 110 valence electrons. The fraction of sp³-hybridized carbons (Fsp3) is 0.429. The van der Waals surface area contributed by atoms with Gasteiger partial charge in [-0.05, 0) is 18.1 Å². The van der Waals surface area contributed by atoms with Crippen LogP contribution in [-0.4, -0.2) is 29.6 Å². The van der Waals surface area contributed by atoms with Crippen LogP contribution in [-0.2, 0) is 9.59 Å². The van der Waals surface area contributed by atoms with Crippen LogP contribution < -0.4 is 10.1 Å². The first-order valence-corrected chi connectivity index (χ1v) is 6.69. The Balaban J connectivity index is 2.40. The van der Waals surface area contributed by atoms with Gasteiger partial charge in [-0.1, -0.05) is 37.6 Å². The van der Waals surface area contributed by atoms with E-state index in [4.69, 9.17) is 21.4 Å². The van der Waals surface area contributed by atoms with E-state index < -0.39 is 12.0 Å². The lowest BCUT2D eigenvalue weighted by Gasteiger charge is -2.17. The normalized spacial score (nSPS) is 12.0. The number of carbonyl (C=O) groups excluding carboxylic acids is 1. The Hall–Kier alpha value is -1.75. The van der Waals surface area contributed by atoms with Crippen molar-refractivity contribution in [1.82, 2.24) is 5.32 Å². The van der Waals surface area contributed by atoms with Gasteiger partial charge in [-0.15, -0.1) is 0 Å². The van der Waals surface area contributed by atoms with Crippen molar-refractivity contribution in [1.29, 1.82) is 0 Å². The summed E-state index contributed by atoms with van der Waals surface area (Å²) in [5.74, 6) is -1.08. The number of benzene rings is 1. The molecular weight excluding hydrogens is 282 g/mol. The minimum atomic E-state index is -1.04. The first kappa shape index (κ1) is 16.3. The molecule has 0 aliphatic rings. The third-order valence-electron chi connectivity index (χ3n) is 2.67. The number of nitrogens with one attached hydrogen (secondary N) is 1. The number of aliphatic carboxylic acids is 1. The van der Waals surface area contributed by atoms with Crippen molar-refractivity contribution in [2.75, 3.05) is 6.61 Å². The van der Waals surface area contributed by atoms with E-state index in [1.165, 1.54) is 0 Å². The Kier molecular flexibility index (Phi) is 6.31. The van der Waals surface area contributed by atoms with Crippen molar-refractivity contribution < 1.29 is 19.4 Å². The third-order valence-corrected chi connectivity index (χ3v) is 2.98. The summed E-state index contributed by atoms with van der Waals surface area (Å²) in [6.07, 6.45) is 0.0712. The SMILES string of the molecule is CC(C)[C@@H](NC(=O)CCOc1ccccc1Cl)C(=O)O. The van der Waals surface area contributed by atoms with Crippen LogP contribution in [0.15, 0.2) is 24.3 Å². The molecule has 1 rings (SSSR count). The van der Waals surface area contributed by atoms with Crippen molar-refractivity contribution in [3.05, 3.63) is 29.3 Å². The molecule has 0 bridgehead atoms. The number of hydrogen-bond acceptors (Lipinski definition) is 3. The summed E-state index contributed by atoms with van der Waals surface area (Å²) in [5, 5.41) is 11.9. The maximum absolute atomic E-state index is 11.7. The molecule has 1 amide bonds. The van der Waals surface area contributed by atoms with Crippen LogP contribution in [0.3, 0.4) is 0 Å². The Morgan fingerprint density at radius 1 is 1.35 bits per heavy atom. The van der Waals surface area contributed by atoms with Crippen LogP contribution in [0.25, 0.3) is 0 Å². The van der Waals surface area contributed by atoms with E-state index in [9.17, 15) is 9.59 Å². The van der Waals surface area contributed by atoms with Crippen molar-refractivity contribution in [3.8, 4) is 5.75 Å². The minimum absolute atomic E-state index is 0.0712. The summed E-state index contributed by atoms with van der Waals surface area (Å²) in [5.41, 5.74) is 0. The first-order valence-electron chi connectivity index (χ1n) is 6.31. The zero-order valence-corrected chi connectivity index (χ0v) is 12.2. The standard InChI is InChI=1S/C14H18ClNO4/c1-9(2)13(14(18)19)16-12(17)7-8-20-11-6-4-3-5-10(11)15/h3-6,9,13H,7-8H2,1-2H3,(H,16,17)(H,18,19)/t13-/m1/s1. The molecule has 0 fully saturated rings. The molecule has 1 atom stereocenters. The van der Waals surface area contributed by atoms with Gasteiger partial charge < -0.3 is 15.2 Å². The van der Waals surface area contributed by atoms with Crippen LogP contribution in [0.5, 0.6) is 5.75 Å². The minimum Gasteiger partial charge on any atom is -0.491 e. The maximum Gasteiger partial charge on any atom is 0.326 e. The summed E-state index contributed by atoms with van der Waals surface area (Å²) < 4.78 is 5.37. The Bertz CT molecular complexity index is 476. The predicted octanol–water partition coefficient (Wildman–Crippen LogP) is 2.33. The van der Waals surface area contributed by atoms with Gasteiger partial charge in [0, 0.05) is 0 Å². The summed E-state index contributed by atoms with van der Waals surface area (Å²) in [4.78, 5) is 22.6. The number of carboxylic acid groups (broad SMARTS) is 1. The first-order chi connectivity index (χ1) is 9.41. The molecule has 5 nitrogen and oxygen atoms in total. The molecule has 0 radical (unpaired) electrons. The molecule has 0 spiro atoms. The molecule has 0 aliphatic heterocycles. The molecule has 0 heterocycles. The predicted molar refractivity (Wildman–Crippen MR) is 76.0 cm³/mol. The van der Waals surface area contributed by atoms with Gasteiger partial charge in [0.25, 0.3) is 0 Å². The second-order valence-electron chi connectivity index (χ2n) is 4.66. The van der Waals surface area contributed by atoms with Gasteiger partial charge in [0.05, 0.1) is 18.1 Å². The van der Waals surface area contributed by atoms with Gasteiger partial charge in [-0.25, -0.2) is 4.79 Å². The van der Waals surface area contributed by atoms with Crippen LogP contribution in [0.1, 0.15) is 20.3 Å². The summed E-state index contributed by atoms with van der Waals surface area (Å²) in [6, 6.07) is 6.07. The Morgan fingerprint density at radius 3 is 2.55 bits per heavy atom. The van der Waals surface area contributed by atoms with Gasteiger partial charge in [0.15, 0.2) is 0 Å². The molecule has 1 aromatic rings. The summed E-state index contributed by atoms with van der Waals surface area (Å²) in [6.45, 7) is 3.61. The average molecular weight is 300 g/mol. The van der Waals surface area contributed by atoms with Crippen molar-refractivity contribution in [2.24, 2.45) is 5.92 Å². The van der Waals surface area contributed by atoms with E-state index in [1.54, 1.807) is 38.1 Å². The second kappa shape index (κ2) is 7.75. The zero-order valence-electron chi connectivity index (χ0n) is 11.4. The summed E-state index contributed by atoms with van der Waals surface area (Å²) in [7, 11) is 0. The quantitative estimate of drug-likeness (QED) is 0.810. The number of amides is 1. The van der Waals surface area contributed by atoms with Crippen LogP contribution >= 0.6 is 11.6 Å². The number of carboxylic acids is 1. The molecule has 0 saturated carbocycles. The van der Waals surface area contributed by atoms with Crippen molar-refractivity contribution >= 4 is 23.5 Å². The third kappa shape index (κ3) is 5.09. The lowest BCUT2D eigenvalue weighted by molar-refractivity contribution is -0.143. The molecule has 1 aromatic carbocycles. The van der Waals surface area contributed by atoms with Gasteiger partial charge in [-0.2, -0.15) is 0 Å². The van der Waals surface area contributed by atoms with E-state index in [0.29, 0.717) is 10.8 Å². The van der Waals surface area contributed by atoms with Gasteiger partial charge >= 0.3 is 5.97 Å². The zero-order chi connectivity index (χ0) is 15.1. The number of ether oxygens (including phenoxy) is 1. The molecule has 0 aromatic heterocycles. The Labute approximate surface area is 122 Å². The van der Waals surface area contributed by atoms with Crippen LogP contribution in [0.4, 0.5) is 0 Å². The van der Waals surface area contributed by atoms with E-state index in [1.807, 2.05) is 0 Å². The highest BCUT2D eigenvalue weighted by Gasteiger charge is 2.23. The molecule has 0 unspecified atom stereocenters. The molecule has 2 N–H and O–H groups in total. The van der Waals surface area contributed by atoms with Crippen molar-refractivity contribution in [2.45, 2.75) is 26.3 Å². The molecule has 6 heteroatoms. The van der Waals surface area contributed by atoms with E-state index >= 15 is 0 Å². The number of hydrogen-bond donors (Lipinski definition) is 2. The average Bonchev–Trinajstić information content (AvgIpc) is 2.37.